The lowest BCUT2D eigenvalue weighted by Crippen LogP contribution is -2.30. The van der Waals surface area contributed by atoms with E-state index in [1.807, 2.05) is 24.3 Å². The molecule has 1 N–H and O–H groups in total. The Morgan fingerprint density at radius 2 is 1.92 bits per heavy atom. The van der Waals surface area contributed by atoms with Crippen LogP contribution < -0.4 is 4.90 Å². The van der Waals surface area contributed by atoms with Crippen LogP contribution in [0.2, 0.25) is 0 Å². The van der Waals surface area contributed by atoms with Gasteiger partial charge in [-0.2, -0.15) is 0 Å². The lowest BCUT2D eigenvalue weighted by atomic mass is 9.95. The van der Waals surface area contributed by atoms with Gasteiger partial charge in [0.2, 0.25) is 0 Å². The number of carbonyl (C=O) groups is 2. The van der Waals surface area contributed by atoms with E-state index in [1.54, 1.807) is 35.2 Å². The van der Waals surface area contributed by atoms with Gasteiger partial charge in [0, 0.05) is 40.9 Å². The van der Waals surface area contributed by atoms with Crippen molar-refractivity contribution >= 4 is 40.3 Å². The summed E-state index contributed by atoms with van der Waals surface area (Å²) in [4.78, 5) is 25.7. The minimum absolute atomic E-state index is 0.0182. The third-order valence-electron chi connectivity index (χ3n) is 4.85. The number of fused-ring (bicyclic) bond motifs is 3. The molecule has 3 aromatic carbocycles. The summed E-state index contributed by atoms with van der Waals surface area (Å²) < 4.78 is 0. The predicted octanol–water partition coefficient (Wildman–Crippen LogP) is 4.34. The third-order valence-corrected chi connectivity index (χ3v) is 5.22. The summed E-state index contributed by atoms with van der Waals surface area (Å²) in [5, 5.41) is 12.1. The van der Waals surface area contributed by atoms with Crippen LogP contribution in [0.5, 0.6) is 5.75 Å². The molecule has 5 heteroatoms. The van der Waals surface area contributed by atoms with Crippen molar-refractivity contribution in [3.8, 4) is 5.75 Å². The molecule has 0 bridgehead atoms. The number of rotatable bonds is 3. The molecule has 26 heavy (non-hydrogen) atoms. The summed E-state index contributed by atoms with van der Waals surface area (Å²) in [5.41, 5.74) is 2.54. The summed E-state index contributed by atoms with van der Waals surface area (Å²) in [6.07, 6.45) is 0.718. The van der Waals surface area contributed by atoms with E-state index in [2.05, 4.69) is 0 Å². The van der Waals surface area contributed by atoms with E-state index < -0.39 is 0 Å². The highest BCUT2D eigenvalue weighted by Gasteiger charge is 2.34. The van der Waals surface area contributed by atoms with E-state index in [-0.39, 0.29) is 17.6 Å². The lowest BCUT2D eigenvalue weighted by Gasteiger charge is -2.18. The number of anilines is 1. The summed E-state index contributed by atoms with van der Waals surface area (Å²) >= 11 is 6.19. The Morgan fingerprint density at radius 1 is 1.15 bits per heavy atom. The standard InChI is InChI=1S/C21H16ClNO3/c22-10-15-11-23(21(26)14-5-3-4-13(8-14)12-24)18-9-19(25)16-6-1-2-7-17(16)20(15)18/h1-9,12,15,25H,10-11H2. The number of nitrogens with zero attached hydrogens (tertiary/aromatic N) is 1. The van der Waals surface area contributed by atoms with Gasteiger partial charge < -0.3 is 10.0 Å². The van der Waals surface area contributed by atoms with Gasteiger partial charge in [0.1, 0.15) is 12.0 Å². The fourth-order valence-corrected chi connectivity index (χ4v) is 3.90. The van der Waals surface area contributed by atoms with Gasteiger partial charge in [-0.25, -0.2) is 0 Å². The molecule has 0 radical (unpaired) electrons. The van der Waals surface area contributed by atoms with Crippen LogP contribution in [0.25, 0.3) is 10.8 Å². The van der Waals surface area contributed by atoms with Gasteiger partial charge >= 0.3 is 0 Å². The number of benzene rings is 3. The molecule has 1 heterocycles. The number of amides is 1. The lowest BCUT2D eigenvalue weighted by molar-refractivity contribution is 0.0988. The Kier molecular flexibility index (Phi) is 4.13. The fraction of sp³-hybridized carbons (Fsp3) is 0.143. The molecule has 1 amide bonds. The van der Waals surface area contributed by atoms with Gasteiger partial charge in [0.05, 0.1) is 5.69 Å². The number of aldehydes is 1. The number of phenolic OH excluding ortho intramolecular Hbond substituents is 1. The largest absolute Gasteiger partial charge is 0.507 e. The van der Waals surface area contributed by atoms with Gasteiger partial charge in [-0.1, -0.05) is 36.4 Å². The normalized spacial score (nSPS) is 15.9. The first kappa shape index (κ1) is 16.6. The molecule has 1 unspecified atom stereocenters. The average molecular weight is 366 g/mol. The molecule has 4 nitrogen and oxygen atoms in total. The van der Waals surface area contributed by atoms with E-state index in [0.29, 0.717) is 29.2 Å². The second-order valence-electron chi connectivity index (χ2n) is 6.38. The maximum absolute atomic E-state index is 13.1. The highest BCUT2D eigenvalue weighted by Crippen LogP contribution is 2.45. The van der Waals surface area contributed by atoms with Crippen LogP contribution >= 0.6 is 11.6 Å². The third kappa shape index (κ3) is 2.54. The maximum atomic E-state index is 13.1. The zero-order chi connectivity index (χ0) is 18.3. The number of halogens is 1. The number of alkyl halides is 1. The number of hydrogen-bond acceptors (Lipinski definition) is 3. The van der Waals surface area contributed by atoms with Crippen LogP contribution in [0.15, 0.2) is 54.6 Å². The molecule has 0 spiro atoms. The van der Waals surface area contributed by atoms with Crippen molar-refractivity contribution in [2.75, 3.05) is 17.3 Å². The second-order valence-corrected chi connectivity index (χ2v) is 6.69. The van der Waals surface area contributed by atoms with Gasteiger partial charge in [0.25, 0.3) is 5.91 Å². The molecule has 0 fully saturated rings. The van der Waals surface area contributed by atoms with Crippen LogP contribution in [-0.4, -0.2) is 29.7 Å². The predicted molar refractivity (Wildman–Crippen MR) is 103 cm³/mol. The topological polar surface area (TPSA) is 57.6 Å². The first-order chi connectivity index (χ1) is 12.6. The van der Waals surface area contributed by atoms with Crippen LogP contribution in [-0.2, 0) is 0 Å². The Bertz CT molecular complexity index is 1030. The number of phenols is 1. The molecule has 0 saturated heterocycles. The van der Waals surface area contributed by atoms with Crippen molar-refractivity contribution in [3.63, 3.8) is 0 Å². The van der Waals surface area contributed by atoms with Crippen molar-refractivity contribution < 1.29 is 14.7 Å². The van der Waals surface area contributed by atoms with Crippen molar-refractivity contribution in [1.82, 2.24) is 0 Å². The molecule has 1 aliphatic heterocycles. The summed E-state index contributed by atoms with van der Waals surface area (Å²) in [7, 11) is 0. The van der Waals surface area contributed by atoms with Gasteiger partial charge in [0.15, 0.2) is 0 Å². The van der Waals surface area contributed by atoms with Gasteiger partial charge in [-0.15, -0.1) is 11.6 Å². The molecule has 130 valence electrons. The smallest absolute Gasteiger partial charge is 0.258 e. The van der Waals surface area contributed by atoms with E-state index in [9.17, 15) is 14.7 Å². The molecule has 1 aliphatic rings. The quantitative estimate of drug-likeness (QED) is 0.555. The van der Waals surface area contributed by atoms with E-state index in [4.69, 9.17) is 11.6 Å². The Hall–Kier alpha value is -2.85. The molecule has 0 aromatic heterocycles. The fourth-order valence-electron chi connectivity index (χ4n) is 3.65. The number of hydrogen-bond donors (Lipinski definition) is 1. The molecule has 4 rings (SSSR count). The van der Waals surface area contributed by atoms with Crippen LogP contribution in [0.3, 0.4) is 0 Å². The van der Waals surface area contributed by atoms with Crippen molar-refractivity contribution in [2.24, 2.45) is 0 Å². The summed E-state index contributed by atoms with van der Waals surface area (Å²) in [6.45, 7) is 0.441. The first-order valence-corrected chi connectivity index (χ1v) is 8.85. The highest BCUT2D eigenvalue weighted by molar-refractivity contribution is 6.19. The van der Waals surface area contributed by atoms with E-state index in [0.717, 1.165) is 22.6 Å². The maximum Gasteiger partial charge on any atom is 0.258 e. The zero-order valence-corrected chi connectivity index (χ0v) is 14.6. The summed E-state index contributed by atoms with van der Waals surface area (Å²) in [6, 6.07) is 15.8. The monoisotopic (exact) mass is 365 g/mol. The van der Waals surface area contributed by atoms with E-state index >= 15 is 0 Å². The van der Waals surface area contributed by atoms with Crippen LogP contribution in [0, 0.1) is 0 Å². The Balaban J connectivity index is 1.86. The molecule has 0 aliphatic carbocycles. The van der Waals surface area contributed by atoms with Crippen LogP contribution in [0.4, 0.5) is 5.69 Å². The van der Waals surface area contributed by atoms with Gasteiger partial charge in [-0.3, -0.25) is 9.59 Å². The van der Waals surface area contributed by atoms with Crippen molar-refractivity contribution in [2.45, 2.75) is 5.92 Å². The SMILES string of the molecule is O=Cc1cccc(C(=O)N2CC(CCl)c3c2cc(O)c2ccccc32)c1. The number of aromatic hydroxyl groups is 1. The zero-order valence-electron chi connectivity index (χ0n) is 13.9. The highest BCUT2D eigenvalue weighted by atomic mass is 35.5. The van der Waals surface area contributed by atoms with Crippen molar-refractivity contribution in [3.05, 3.63) is 71.3 Å². The second kappa shape index (κ2) is 6.46. The molecule has 1 atom stereocenters. The first-order valence-electron chi connectivity index (χ1n) is 8.31. The molecular weight excluding hydrogens is 350 g/mol. The van der Waals surface area contributed by atoms with Crippen molar-refractivity contribution in [1.29, 1.82) is 0 Å². The Labute approximate surface area is 155 Å². The summed E-state index contributed by atoms with van der Waals surface area (Å²) in [5.74, 6) is 0.279. The van der Waals surface area contributed by atoms with Crippen LogP contribution in [0.1, 0.15) is 32.2 Å². The van der Waals surface area contributed by atoms with Gasteiger partial charge in [-0.05, 0) is 23.1 Å². The average Bonchev–Trinajstić information content (AvgIpc) is 3.06. The number of carbonyl (C=O) groups excluding carboxylic acids is 2. The molecular formula is C21H16ClNO3. The minimum Gasteiger partial charge on any atom is -0.507 e. The van der Waals surface area contributed by atoms with E-state index in [1.165, 1.54) is 0 Å². The molecule has 3 aromatic rings. The Morgan fingerprint density at radius 3 is 2.65 bits per heavy atom. The minimum atomic E-state index is -0.211. The molecule has 0 saturated carbocycles.